The van der Waals surface area contributed by atoms with Crippen molar-refractivity contribution in [2.45, 2.75) is 39.8 Å². The van der Waals surface area contributed by atoms with E-state index in [1.54, 1.807) is 0 Å². The lowest BCUT2D eigenvalue weighted by molar-refractivity contribution is 0.233. The maximum absolute atomic E-state index is 8.65. The van der Waals surface area contributed by atoms with Crippen molar-refractivity contribution in [2.75, 3.05) is 6.54 Å². The van der Waals surface area contributed by atoms with Crippen LogP contribution in [0.15, 0.2) is 11.2 Å². The summed E-state index contributed by atoms with van der Waals surface area (Å²) >= 11 is 0. The summed E-state index contributed by atoms with van der Waals surface area (Å²) in [5, 5.41) is 16.1. The van der Waals surface area contributed by atoms with Gasteiger partial charge in [-0.3, -0.25) is 9.58 Å². The van der Waals surface area contributed by atoms with Crippen LogP contribution in [-0.2, 0) is 20.0 Å². The zero-order valence-electron chi connectivity index (χ0n) is 11.6. The molecule has 0 amide bonds. The molecule has 18 heavy (non-hydrogen) atoms. The third kappa shape index (κ3) is 3.73. The maximum atomic E-state index is 8.65. The lowest BCUT2D eigenvalue weighted by Gasteiger charge is -2.25. The van der Waals surface area contributed by atoms with Crippen LogP contribution in [0.3, 0.4) is 0 Å². The standard InChI is InChI=1S/C12H23N5O/c1-5-10-6-11(16(4)14-10)7-17(9(2)3)8-12(13)15-18/h6,9,18H,5,7-8H2,1-4H3,(H2,13,15). The van der Waals surface area contributed by atoms with E-state index in [1.165, 1.54) is 0 Å². The molecule has 1 rings (SSSR count). The zero-order chi connectivity index (χ0) is 13.7. The molecule has 0 aliphatic heterocycles. The topological polar surface area (TPSA) is 79.7 Å². The normalized spacial score (nSPS) is 12.7. The van der Waals surface area contributed by atoms with Crippen molar-refractivity contribution in [1.82, 2.24) is 14.7 Å². The van der Waals surface area contributed by atoms with Crippen molar-refractivity contribution >= 4 is 5.84 Å². The summed E-state index contributed by atoms with van der Waals surface area (Å²) in [5.41, 5.74) is 7.78. The van der Waals surface area contributed by atoms with Gasteiger partial charge in [-0.05, 0) is 26.3 Å². The highest BCUT2D eigenvalue weighted by atomic mass is 16.4. The predicted molar refractivity (Wildman–Crippen MR) is 71.5 cm³/mol. The Hall–Kier alpha value is -1.56. The molecule has 1 aromatic rings. The molecule has 0 aromatic carbocycles. The second-order valence-electron chi connectivity index (χ2n) is 4.69. The van der Waals surface area contributed by atoms with Crippen LogP contribution in [0.2, 0.25) is 0 Å². The first kappa shape index (κ1) is 14.5. The zero-order valence-corrected chi connectivity index (χ0v) is 11.6. The van der Waals surface area contributed by atoms with E-state index in [4.69, 9.17) is 10.9 Å². The first-order valence-electron chi connectivity index (χ1n) is 6.20. The van der Waals surface area contributed by atoms with Gasteiger partial charge in [0.2, 0.25) is 0 Å². The smallest absolute Gasteiger partial charge is 0.153 e. The van der Waals surface area contributed by atoms with Gasteiger partial charge in [-0.15, -0.1) is 0 Å². The molecule has 0 fully saturated rings. The van der Waals surface area contributed by atoms with Crippen LogP contribution in [-0.4, -0.2) is 38.3 Å². The Bertz CT molecular complexity index is 411. The Morgan fingerprint density at radius 3 is 2.72 bits per heavy atom. The molecule has 3 N–H and O–H groups in total. The fourth-order valence-corrected chi connectivity index (χ4v) is 1.76. The minimum Gasteiger partial charge on any atom is -0.409 e. The molecule has 0 aliphatic rings. The average molecular weight is 253 g/mol. The fourth-order valence-electron chi connectivity index (χ4n) is 1.76. The minimum absolute atomic E-state index is 0.224. The monoisotopic (exact) mass is 253 g/mol. The first-order chi connectivity index (χ1) is 8.47. The lowest BCUT2D eigenvalue weighted by atomic mass is 10.2. The van der Waals surface area contributed by atoms with E-state index >= 15 is 0 Å². The first-order valence-corrected chi connectivity index (χ1v) is 6.20. The van der Waals surface area contributed by atoms with E-state index in [0.29, 0.717) is 12.6 Å². The fraction of sp³-hybridized carbons (Fsp3) is 0.667. The third-order valence-electron chi connectivity index (χ3n) is 2.98. The molecule has 0 radical (unpaired) electrons. The van der Waals surface area contributed by atoms with Gasteiger partial charge in [0.05, 0.1) is 17.9 Å². The summed E-state index contributed by atoms with van der Waals surface area (Å²) < 4.78 is 1.89. The van der Waals surface area contributed by atoms with Gasteiger partial charge in [0.15, 0.2) is 5.84 Å². The number of amidine groups is 1. The van der Waals surface area contributed by atoms with Crippen molar-refractivity contribution in [1.29, 1.82) is 0 Å². The van der Waals surface area contributed by atoms with E-state index in [0.717, 1.165) is 24.4 Å². The number of hydrogen-bond donors (Lipinski definition) is 2. The van der Waals surface area contributed by atoms with Gasteiger partial charge in [0.25, 0.3) is 0 Å². The van der Waals surface area contributed by atoms with Crippen LogP contribution in [0.4, 0.5) is 0 Å². The van der Waals surface area contributed by atoms with Crippen LogP contribution < -0.4 is 5.73 Å². The molecule has 0 saturated heterocycles. The molecule has 0 saturated carbocycles. The van der Waals surface area contributed by atoms with Crippen molar-refractivity contribution in [3.8, 4) is 0 Å². The summed E-state index contributed by atoms with van der Waals surface area (Å²) in [7, 11) is 1.94. The highest BCUT2D eigenvalue weighted by Crippen LogP contribution is 2.10. The number of nitrogens with two attached hydrogens (primary N) is 1. The molecular formula is C12H23N5O. The van der Waals surface area contributed by atoms with Gasteiger partial charge in [-0.25, -0.2) is 0 Å². The number of nitrogens with zero attached hydrogens (tertiary/aromatic N) is 4. The van der Waals surface area contributed by atoms with Gasteiger partial charge in [-0.2, -0.15) is 5.10 Å². The van der Waals surface area contributed by atoms with E-state index in [2.05, 4.69) is 42.0 Å². The van der Waals surface area contributed by atoms with E-state index in [-0.39, 0.29) is 5.84 Å². The molecule has 1 aromatic heterocycles. The van der Waals surface area contributed by atoms with Gasteiger partial charge in [0.1, 0.15) is 0 Å². The highest BCUT2D eigenvalue weighted by Gasteiger charge is 2.14. The van der Waals surface area contributed by atoms with E-state index < -0.39 is 0 Å². The number of aromatic nitrogens is 2. The van der Waals surface area contributed by atoms with E-state index in [1.807, 2.05) is 11.7 Å². The number of rotatable bonds is 6. The molecule has 6 heteroatoms. The third-order valence-corrected chi connectivity index (χ3v) is 2.98. The summed E-state index contributed by atoms with van der Waals surface area (Å²) in [6.45, 7) is 7.43. The Balaban J connectivity index is 2.79. The van der Waals surface area contributed by atoms with Crippen LogP contribution in [0.5, 0.6) is 0 Å². The van der Waals surface area contributed by atoms with Crippen molar-refractivity contribution in [3.05, 3.63) is 17.5 Å². The average Bonchev–Trinajstić information content (AvgIpc) is 2.69. The summed E-state index contributed by atoms with van der Waals surface area (Å²) in [6, 6.07) is 2.41. The molecule has 0 atom stereocenters. The van der Waals surface area contributed by atoms with Gasteiger partial charge in [-0.1, -0.05) is 12.1 Å². The molecule has 6 nitrogen and oxygen atoms in total. The van der Waals surface area contributed by atoms with E-state index in [9.17, 15) is 0 Å². The Labute approximate surface area is 108 Å². The predicted octanol–water partition coefficient (Wildman–Crippen LogP) is 0.939. The van der Waals surface area contributed by atoms with Gasteiger partial charge < -0.3 is 10.9 Å². The Morgan fingerprint density at radius 1 is 1.61 bits per heavy atom. The second-order valence-corrected chi connectivity index (χ2v) is 4.69. The quantitative estimate of drug-likeness (QED) is 0.342. The summed E-state index contributed by atoms with van der Waals surface area (Å²) in [5.74, 6) is 0.224. The molecule has 102 valence electrons. The van der Waals surface area contributed by atoms with Crippen molar-refractivity contribution < 1.29 is 5.21 Å². The van der Waals surface area contributed by atoms with Crippen LogP contribution in [0.1, 0.15) is 32.2 Å². The molecular weight excluding hydrogens is 230 g/mol. The summed E-state index contributed by atoms with van der Waals surface area (Å²) in [4.78, 5) is 2.13. The molecule has 1 heterocycles. The summed E-state index contributed by atoms with van der Waals surface area (Å²) in [6.07, 6.45) is 0.926. The molecule has 0 unspecified atom stereocenters. The van der Waals surface area contributed by atoms with Crippen LogP contribution >= 0.6 is 0 Å². The minimum atomic E-state index is 0.224. The Kier molecular flexibility index (Phi) is 5.15. The van der Waals surface area contributed by atoms with Crippen LogP contribution in [0.25, 0.3) is 0 Å². The van der Waals surface area contributed by atoms with Gasteiger partial charge in [0, 0.05) is 19.6 Å². The van der Waals surface area contributed by atoms with Crippen LogP contribution in [0, 0.1) is 0 Å². The lowest BCUT2D eigenvalue weighted by Crippen LogP contribution is -2.38. The number of aryl methyl sites for hydroxylation is 2. The second kappa shape index (κ2) is 6.39. The molecule has 0 spiro atoms. The number of hydrogen-bond acceptors (Lipinski definition) is 4. The Morgan fingerprint density at radius 2 is 2.28 bits per heavy atom. The molecule has 0 aliphatic carbocycles. The highest BCUT2D eigenvalue weighted by molar-refractivity contribution is 5.81. The largest absolute Gasteiger partial charge is 0.409 e. The van der Waals surface area contributed by atoms with Crippen molar-refractivity contribution in [3.63, 3.8) is 0 Å². The molecule has 0 bridgehead atoms. The van der Waals surface area contributed by atoms with Crippen molar-refractivity contribution in [2.24, 2.45) is 17.9 Å². The maximum Gasteiger partial charge on any atom is 0.153 e. The number of oxime groups is 1. The SMILES string of the molecule is CCc1cc(CN(CC(N)=NO)C(C)C)n(C)n1. The van der Waals surface area contributed by atoms with Gasteiger partial charge >= 0.3 is 0 Å².